The molecule has 2 atom stereocenters. The van der Waals surface area contributed by atoms with Crippen LogP contribution in [0.1, 0.15) is 30.7 Å². The van der Waals surface area contributed by atoms with Gasteiger partial charge in [-0.2, -0.15) is 4.31 Å². The van der Waals surface area contributed by atoms with Crippen LogP contribution in [-0.4, -0.2) is 82.5 Å². The molecule has 0 bridgehead atoms. The summed E-state index contributed by atoms with van der Waals surface area (Å²) in [7, 11) is -4.12. The SMILES string of the molecule is O=C1NC2(CCOc3cc(-c4cccnc4)ccc3S(=O)(=O)N3C[C@H](O)C[C@@H]13)CCN(Cc1nccs1)CC2. The van der Waals surface area contributed by atoms with Crippen molar-refractivity contribution in [1.29, 1.82) is 0 Å². The summed E-state index contributed by atoms with van der Waals surface area (Å²) in [4.78, 5) is 24.5. The molecule has 6 rings (SSSR count). The summed E-state index contributed by atoms with van der Waals surface area (Å²) in [5.41, 5.74) is 1.08. The number of rotatable bonds is 3. The van der Waals surface area contributed by atoms with Crippen molar-refractivity contribution in [2.45, 2.75) is 54.8 Å². The zero-order valence-electron chi connectivity index (χ0n) is 21.4. The summed E-state index contributed by atoms with van der Waals surface area (Å²) in [6.45, 7) is 2.43. The van der Waals surface area contributed by atoms with E-state index in [4.69, 9.17) is 4.74 Å². The predicted octanol–water partition coefficient (Wildman–Crippen LogP) is 2.26. The molecule has 0 radical (unpaired) electrons. The maximum Gasteiger partial charge on any atom is 0.247 e. The van der Waals surface area contributed by atoms with Crippen LogP contribution >= 0.6 is 11.3 Å². The molecule has 0 saturated carbocycles. The number of aliphatic hydroxyl groups excluding tert-OH is 1. The van der Waals surface area contributed by atoms with Gasteiger partial charge in [0.05, 0.1) is 19.3 Å². The van der Waals surface area contributed by atoms with E-state index < -0.39 is 27.7 Å². The lowest BCUT2D eigenvalue weighted by Crippen LogP contribution is -2.59. The predicted molar refractivity (Wildman–Crippen MR) is 146 cm³/mol. The summed E-state index contributed by atoms with van der Waals surface area (Å²) >= 11 is 1.63. The first kappa shape index (κ1) is 26.3. The minimum absolute atomic E-state index is 0.00347. The number of hydrogen-bond acceptors (Lipinski definition) is 9. The molecular formula is C27H31N5O5S2. The normalized spacial score (nSPS) is 25.2. The Kier molecular flexibility index (Phi) is 7.15. The molecule has 3 aliphatic rings. The van der Waals surface area contributed by atoms with Crippen molar-refractivity contribution in [2.24, 2.45) is 0 Å². The maximum absolute atomic E-state index is 13.9. The van der Waals surface area contributed by atoms with Crippen LogP contribution in [0.25, 0.3) is 11.1 Å². The number of piperidine rings is 1. The molecule has 2 aromatic heterocycles. The van der Waals surface area contributed by atoms with Gasteiger partial charge in [-0.1, -0.05) is 12.1 Å². The first-order valence-electron chi connectivity index (χ1n) is 13.1. The number of carbonyl (C=O) groups excluding carboxylic acids is 1. The third-order valence-electron chi connectivity index (χ3n) is 7.94. The summed E-state index contributed by atoms with van der Waals surface area (Å²) in [6.07, 6.45) is 6.28. The van der Waals surface area contributed by atoms with Gasteiger partial charge in [-0.25, -0.2) is 13.4 Å². The van der Waals surface area contributed by atoms with Crippen molar-refractivity contribution in [3.05, 3.63) is 59.3 Å². The number of thiazole rings is 1. The van der Waals surface area contributed by atoms with Crippen LogP contribution in [-0.2, 0) is 21.4 Å². The van der Waals surface area contributed by atoms with E-state index in [1.165, 1.54) is 6.07 Å². The molecule has 1 amide bonds. The van der Waals surface area contributed by atoms with Crippen molar-refractivity contribution >= 4 is 27.3 Å². The Hall–Kier alpha value is -2.90. The molecule has 2 N–H and O–H groups in total. The van der Waals surface area contributed by atoms with Crippen LogP contribution in [0.2, 0.25) is 0 Å². The van der Waals surface area contributed by atoms with E-state index >= 15 is 0 Å². The maximum atomic E-state index is 13.9. The monoisotopic (exact) mass is 569 g/mol. The van der Waals surface area contributed by atoms with Crippen molar-refractivity contribution in [3.63, 3.8) is 0 Å². The Morgan fingerprint density at radius 3 is 2.74 bits per heavy atom. The number of benzene rings is 1. The fourth-order valence-electron chi connectivity index (χ4n) is 5.76. The van der Waals surface area contributed by atoms with Crippen LogP contribution in [0.5, 0.6) is 5.75 Å². The first-order chi connectivity index (χ1) is 18.8. The molecule has 5 heterocycles. The van der Waals surface area contributed by atoms with Gasteiger partial charge in [-0.3, -0.25) is 14.7 Å². The molecule has 3 aliphatic heterocycles. The second-order valence-corrected chi connectivity index (χ2v) is 13.3. The summed E-state index contributed by atoms with van der Waals surface area (Å²) in [5, 5.41) is 16.7. The zero-order chi connectivity index (χ0) is 27.0. The molecule has 39 heavy (non-hydrogen) atoms. The summed E-state index contributed by atoms with van der Waals surface area (Å²) in [5.74, 6) is -0.124. The highest BCUT2D eigenvalue weighted by Crippen LogP contribution is 2.37. The lowest BCUT2D eigenvalue weighted by Gasteiger charge is -2.43. The van der Waals surface area contributed by atoms with Gasteiger partial charge in [-0.15, -0.1) is 11.3 Å². The van der Waals surface area contributed by atoms with Crippen LogP contribution in [0.15, 0.2) is 59.2 Å². The number of nitrogens with one attached hydrogen (secondary N) is 1. The molecule has 1 spiro atoms. The number of likely N-dealkylation sites (tertiary alicyclic amines) is 1. The Balaban J connectivity index is 1.32. The summed E-state index contributed by atoms with van der Waals surface area (Å²) in [6, 6.07) is 7.70. The molecule has 0 unspecified atom stereocenters. The fourth-order valence-corrected chi connectivity index (χ4v) is 8.17. The van der Waals surface area contributed by atoms with Crippen LogP contribution in [0.4, 0.5) is 0 Å². The third-order valence-corrected chi connectivity index (χ3v) is 10.6. The number of aliphatic hydroxyl groups is 1. The van der Waals surface area contributed by atoms with E-state index in [0.29, 0.717) is 19.3 Å². The first-order valence-corrected chi connectivity index (χ1v) is 15.4. The lowest BCUT2D eigenvalue weighted by atomic mass is 9.84. The number of hydrogen-bond donors (Lipinski definition) is 2. The number of pyridine rings is 1. The smallest absolute Gasteiger partial charge is 0.247 e. The van der Waals surface area contributed by atoms with Crippen molar-refractivity contribution < 1.29 is 23.1 Å². The Bertz CT molecular complexity index is 1430. The van der Waals surface area contributed by atoms with E-state index in [2.05, 4.69) is 20.2 Å². The molecule has 3 aromatic rings. The van der Waals surface area contributed by atoms with E-state index in [0.717, 1.165) is 40.1 Å². The highest BCUT2D eigenvalue weighted by atomic mass is 32.2. The van der Waals surface area contributed by atoms with Gasteiger partial charge < -0.3 is 15.2 Å². The topological polar surface area (TPSA) is 125 Å². The van der Waals surface area contributed by atoms with Crippen molar-refractivity contribution in [3.8, 4) is 16.9 Å². The van der Waals surface area contributed by atoms with E-state index in [1.54, 1.807) is 42.1 Å². The molecule has 12 heteroatoms. The second-order valence-electron chi connectivity index (χ2n) is 10.5. The van der Waals surface area contributed by atoms with Gasteiger partial charge >= 0.3 is 0 Å². The molecule has 2 fully saturated rings. The van der Waals surface area contributed by atoms with E-state index in [-0.39, 0.29) is 36.1 Å². The number of aromatic nitrogens is 2. The van der Waals surface area contributed by atoms with Gasteiger partial charge in [-0.05, 0) is 36.6 Å². The van der Waals surface area contributed by atoms with Gasteiger partial charge in [0, 0.05) is 67.5 Å². The number of amides is 1. The van der Waals surface area contributed by atoms with Gasteiger partial charge in [0.2, 0.25) is 15.9 Å². The number of fused-ring (bicyclic) bond motifs is 2. The number of sulfonamides is 1. The van der Waals surface area contributed by atoms with E-state index in [9.17, 15) is 18.3 Å². The summed E-state index contributed by atoms with van der Waals surface area (Å²) < 4.78 is 35.1. The molecular weight excluding hydrogens is 538 g/mol. The number of ether oxygens (including phenoxy) is 1. The standard InChI is InChI=1S/C27H31N5O5S2/c33-21-15-22-26(34)30-27(5-10-31(11-6-27)18-25-29-9-13-38-25)7-12-37-23-14-19(20-2-1-8-28-16-20)3-4-24(23)39(35,36)32(22)17-21/h1-4,8-9,13-14,16,21-22,33H,5-7,10-12,15,17-18H2,(H,30,34)/t21-,22+/m1/s1. The minimum Gasteiger partial charge on any atom is -0.492 e. The van der Waals surface area contributed by atoms with E-state index in [1.807, 2.05) is 17.5 Å². The molecule has 10 nitrogen and oxygen atoms in total. The minimum atomic E-state index is -4.12. The Labute approximate surface area is 231 Å². The Morgan fingerprint density at radius 2 is 2.00 bits per heavy atom. The number of carbonyl (C=O) groups is 1. The number of nitrogens with zero attached hydrogens (tertiary/aromatic N) is 4. The van der Waals surface area contributed by atoms with Crippen LogP contribution in [0.3, 0.4) is 0 Å². The average molecular weight is 570 g/mol. The van der Waals surface area contributed by atoms with Crippen LogP contribution < -0.4 is 10.1 Å². The molecule has 1 aromatic carbocycles. The van der Waals surface area contributed by atoms with Crippen molar-refractivity contribution in [1.82, 2.24) is 24.5 Å². The lowest BCUT2D eigenvalue weighted by molar-refractivity contribution is -0.127. The van der Waals surface area contributed by atoms with Gasteiger partial charge in [0.1, 0.15) is 21.7 Å². The third kappa shape index (κ3) is 5.31. The quantitative estimate of drug-likeness (QED) is 0.492. The van der Waals surface area contributed by atoms with Crippen molar-refractivity contribution in [2.75, 3.05) is 26.2 Å². The molecule has 206 valence electrons. The average Bonchev–Trinajstić information content (AvgIpc) is 3.60. The van der Waals surface area contributed by atoms with Gasteiger partial charge in [0.25, 0.3) is 0 Å². The zero-order valence-corrected chi connectivity index (χ0v) is 23.0. The highest BCUT2D eigenvalue weighted by Gasteiger charge is 2.47. The Morgan fingerprint density at radius 1 is 1.15 bits per heavy atom. The molecule has 2 saturated heterocycles. The fraction of sp³-hybridized carbons (Fsp3) is 0.444. The molecule has 0 aliphatic carbocycles. The second kappa shape index (κ2) is 10.6. The van der Waals surface area contributed by atoms with Gasteiger partial charge in [0.15, 0.2) is 0 Å². The largest absolute Gasteiger partial charge is 0.492 e. The van der Waals surface area contributed by atoms with Crippen LogP contribution in [0, 0.1) is 0 Å². The highest BCUT2D eigenvalue weighted by molar-refractivity contribution is 7.89.